The van der Waals surface area contributed by atoms with Gasteiger partial charge in [0.15, 0.2) is 11.5 Å². The lowest BCUT2D eigenvalue weighted by atomic mass is 9.97. The average Bonchev–Trinajstić information content (AvgIpc) is 3.08. The van der Waals surface area contributed by atoms with Crippen LogP contribution in [0.25, 0.3) is 10.8 Å². The highest BCUT2D eigenvalue weighted by Crippen LogP contribution is 2.33. The summed E-state index contributed by atoms with van der Waals surface area (Å²) in [5.41, 5.74) is 1.73. The van der Waals surface area contributed by atoms with Gasteiger partial charge in [0, 0.05) is 12.5 Å². The van der Waals surface area contributed by atoms with Crippen molar-refractivity contribution in [1.29, 1.82) is 0 Å². The van der Waals surface area contributed by atoms with Gasteiger partial charge in [0.05, 0.1) is 24.2 Å². The first-order valence-electron chi connectivity index (χ1n) is 10.6. The van der Waals surface area contributed by atoms with Gasteiger partial charge < -0.3 is 9.47 Å². The fourth-order valence-electron chi connectivity index (χ4n) is 3.90. The molecule has 0 amide bonds. The van der Waals surface area contributed by atoms with Crippen LogP contribution in [0.15, 0.2) is 95.9 Å². The first-order chi connectivity index (χ1) is 15.6. The van der Waals surface area contributed by atoms with Crippen molar-refractivity contribution in [2.45, 2.75) is 17.4 Å². The van der Waals surface area contributed by atoms with Crippen LogP contribution in [0.2, 0.25) is 0 Å². The van der Waals surface area contributed by atoms with E-state index in [4.69, 9.17) is 9.47 Å². The Balaban J connectivity index is 1.54. The van der Waals surface area contributed by atoms with E-state index in [0.717, 1.165) is 28.3 Å². The number of ether oxygens (including phenoxy) is 2. The Morgan fingerprint density at radius 3 is 2.22 bits per heavy atom. The van der Waals surface area contributed by atoms with E-state index in [9.17, 15) is 8.42 Å². The monoisotopic (exact) mass is 445 g/mol. The fourth-order valence-corrected chi connectivity index (χ4v) is 5.12. The lowest BCUT2D eigenvalue weighted by Gasteiger charge is -2.21. The highest BCUT2D eigenvalue weighted by Gasteiger charge is 2.25. The summed E-state index contributed by atoms with van der Waals surface area (Å²) in [6.07, 6.45) is 0.757. The average molecular weight is 446 g/mol. The van der Waals surface area contributed by atoms with Gasteiger partial charge in [-0.2, -0.15) is 4.72 Å². The smallest absolute Gasteiger partial charge is 0.241 e. The molecular formula is C26H23NO4S. The van der Waals surface area contributed by atoms with Gasteiger partial charge in [-0.3, -0.25) is 0 Å². The summed E-state index contributed by atoms with van der Waals surface area (Å²) in [4.78, 5) is 0.142. The van der Waals surface area contributed by atoms with Crippen molar-refractivity contribution in [2.24, 2.45) is 0 Å². The largest absolute Gasteiger partial charge is 0.490 e. The fraction of sp³-hybridized carbons (Fsp3) is 0.154. The van der Waals surface area contributed by atoms with Crippen molar-refractivity contribution in [3.05, 3.63) is 102 Å². The predicted molar refractivity (Wildman–Crippen MR) is 125 cm³/mol. The molecule has 32 heavy (non-hydrogen) atoms. The second-order valence-electron chi connectivity index (χ2n) is 7.73. The summed E-state index contributed by atoms with van der Waals surface area (Å²) in [5.74, 6) is 1.02. The summed E-state index contributed by atoms with van der Waals surface area (Å²) in [6, 6.07) is 27.8. The number of hydrogen-bond donors (Lipinski definition) is 1. The van der Waals surface area contributed by atoms with Gasteiger partial charge in [-0.25, -0.2) is 8.42 Å². The Morgan fingerprint density at radius 2 is 1.41 bits per heavy atom. The van der Waals surface area contributed by atoms with Crippen molar-refractivity contribution >= 4 is 20.8 Å². The van der Waals surface area contributed by atoms with Crippen LogP contribution in [0.1, 0.15) is 23.6 Å². The van der Waals surface area contributed by atoms with E-state index in [2.05, 4.69) is 4.72 Å². The lowest BCUT2D eigenvalue weighted by molar-refractivity contribution is 0.297. The molecule has 1 aliphatic rings. The van der Waals surface area contributed by atoms with Gasteiger partial charge in [0.25, 0.3) is 0 Å². The lowest BCUT2D eigenvalue weighted by Crippen LogP contribution is -2.29. The molecule has 5 rings (SSSR count). The molecule has 5 nitrogen and oxygen atoms in total. The molecule has 0 unspecified atom stereocenters. The van der Waals surface area contributed by atoms with Crippen molar-refractivity contribution in [1.82, 2.24) is 4.72 Å². The Bertz CT molecular complexity index is 1350. The first kappa shape index (κ1) is 20.5. The normalized spacial score (nSPS) is 14.6. The van der Waals surface area contributed by atoms with Crippen LogP contribution in [0.4, 0.5) is 0 Å². The summed E-state index contributed by atoms with van der Waals surface area (Å²) >= 11 is 0. The third-order valence-corrected chi connectivity index (χ3v) is 6.96. The van der Waals surface area contributed by atoms with E-state index in [1.165, 1.54) is 6.07 Å². The minimum Gasteiger partial charge on any atom is -0.490 e. The van der Waals surface area contributed by atoms with E-state index in [0.29, 0.717) is 24.7 Å². The molecular weight excluding hydrogens is 422 g/mol. The summed E-state index contributed by atoms with van der Waals surface area (Å²) in [7, 11) is -3.84. The predicted octanol–water partition coefficient (Wildman–Crippen LogP) is 5.07. The zero-order chi connectivity index (χ0) is 22.0. The molecule has 0 saturated carbocycles. The molecule has 0 saturated heterocycles. The van der Waals surface area contributed by atoms with Crippen LogP contribution >= 0.6 is 0 Å². The molecule has 4 aromatic rings. The molecule has 6 heteroatoms. The van der Waals surface area contributed by atoms with Crippen LogP contribution in [-0.4, -0.2) is 21.6 Å². The van der Waals surface area contributed by atoms with Gasteiger partial charge in [0.2, 0.25) is 10.0 Å². The minimum absolute atomic E-state index is 0.142. The van der Waals surface area contributed by atoms with Crippen LogP contribution < -0.4 is 14.2 Å². The molecule has 1 N–H and O–H groups in total. The Morgan fingerprint density at radius 1 is 0.688 bits per heavy atom. The zero-order valence-corrected chi connectivity index (χ0v) is 18.2. The number of nitrogens with one attached hydrogen (secondary N) is 1. The van der Waals surface area contributed by atoms with Crippen LogP contribution in [0.5, 0.6) is 11.5 Å². The van der Waals surface area contributed by atoms with Crippen LogP contribution in [-0.2, 0) is 10.0 Å². The maximum atomic E-state index is 13.4. The Hall–Kier alpha value is -3.35. The van der Waals surface area contributed by atoms with Crippen molar-refractivity contribution in [3.8, 4) is 11.5 Å². The second-order valence-corrected chi connectivity index (χ2v) is 9.44. The molecule has 0 aliphatic carbocycles. The minimum atomic E-state index is -3.84. The third kappa shape index (κ3) is 4.20. The number of hydrogen-bond acceptors (Lipinski definition) is 4. The highest BCUT2D eigenvalue weighted by atomic mass is 32.2. The maximum Gasteiger partial charge on any atom is 0.241 e. The van der Waals surface area contributed by atoms with Crippen molar-refractivity contribution in [2.75, 3.05) is 13.2 Å². The highest BCUT2D eigenvalue weighted by molar-refractivity contribution is 7.89. The van der Waals surface area contributed by atoms with Gasteiger partial charge in [-0.1, -0.05) is 66.7 Å². The van der Waals surface area contributed by atoms with E-state index in [-0.39, 0.29) is 4.90 Å². The van der Waals surface area contributed by atoms with Crippen molar-refractivity contribution < 1.29 is 17.9 Å². The molecule has 0 radical (unpaired) electrons. The second kappa shape index (κ2) is 8.65. The molecule has 4 aromatic carbocycles. The molecule has 0 bridgehead atoms. The Kier molecular flexibility index (Phi) is 5.55. The number of fused-ring (bicyclic) bond motifs is 2. The van der Waals surface area contributed by atoms with Gasteiger partial charge in [-0.05, 0) is 40.1 Å². The topological polar surface area (TPSA) is 64.6 Å². The molecule has 1 aliphatic heterocycles. The van der Waals surface area contributed by atoms with E-state index in [1.54, 1.807) is 12.1 Å². The summed E-state index contributed by atoms with van der Waals surface area (Å²) in [6.45, 7) is 1.04. The van der Waals surface area contributed by atoms with Gasteiger partial charge >= 0.3 is 0 Å². The molecule has 0 aromatic heterocycles. The molecule has 1 atom stereocenters. The van der Waals surface area contributed by atoms with E-state index >= 15 is 0 Å². The molecule has 1 heterocycles. The summed E-state index contributed by atoms with van der Waals surface area (Å²) in [5, 5.41) is 2.16. The standard InChI is InChI=1S/C26H23NO4S/c28-32(29,23-13-14-24-25(18-23)31-16-6-15-30-24)27-26(20-8-2-1-3-9-20)22-12-11-19-7-4-5-10-21(19)17-22/h1-5,7-14,17-18,26-27H,6,15-16H2/t26-/m1/s1. The number of rotatable bonds is 5. The van der Waals surface area contributed by atoms with Crippen molar-refractivity contribution in [3.63, 3.8) is 0 Å². The zero-order valence-electron chi connectivity index (χ0n) is 17.4. The maximum absolute atomic E-state index is 13.4. The van der Waals surface area contributed by atoms with Crippen LogP contribution in [0, 0.1) is 0 Å². The first-order valence-corrected chi connectivity index (χ1v) is 12.0. The quantitative estimate of drug-likeness (QED) is 0.466. The van der Waals surface area contributed by atoms with Gasteiger partial charge in [-0.15, -0.1) is 0 Å². The third-order valence-electron chi connectivity index (χ3n) is 5.54. The van der Waals surface area contributed by atoms with Gasteiger partial charge in [0.1, 0.15) is 0 Å². The number of sulfonamides is 1. The SMILES string of the molecule is O=S(=O)(N[C@H](c1ccccc1)c1ccc2ccccc2c1)c1ccc2c(c1)OCCCO2. The molecule has 162 valence electrons. The van der Waals surface area contributed by atoms with E-state index in [1.807, 2.05) is 72.8 Å². The van der Waals surface area contributed by atoms with E-state index < -0.39 is 16.1 Å². The molecule has 0 fully saturated rings. The Labute approximate surface area is 187 Å². The number of benzene rings is 4. The van der Waals surface area contributed by atoms with Crippen LogP contribution in [0.3, 0.4) is 0 Å². The summed E-state index contributed by atoms with van der Waals surface area (Å²) < 4.78 is 41.1. The molecule has 0 spiro atoms.